The van der Waals surface area contributed by atoms with Crippen LogP contribution in [0.3, 0.4) is 0 Å². The van der Waals surface area contributed by atoms with Crippen LogP contribution in [0.2, 0.25) is 0 Å². The minimum absolute atomic E-state index is 0.442. The molecule has 6 nitrogen and oxygen atoms in total. The Bertz CT molecular complexity index is 610. The number of nitrogens with zero attached hydrogens (tertiary/aromatic N) is 5. The van der Waals surface area contributed by atoms with E-state index in [1.54, 1.807) is 0 Å². The summed E-state index contributed by atoms with van der Waals surface area (Å²) in [5, 5.41) is 12.1. The topological polar surface area (TPSA) is 56.1 Å². The molecular weight excluding hydrogens is 290 g/mol. The number of hydrogen-bond acceptors (Lipinski definition) is 5. The highest BCUT2D eigenvalue weighted by atomic mass is 16.5. The SMILES string of the molecule is CCCn1nnnc1CN1CCC[C@@H]1c1ccc(OCC)cc1. The Hall–Kier alpha value is -1.95. The summed E-state index contributed by atoms with van der Waals surface area (Å²) in [4.78, 5) is 2.48. The molecule has 0 bridgehead atoms. The van der Waals surface area contributed by atoms with Crippen molar-refractivity contribution < 1.29 is 4.74 Å². The molecule has 6 heteroatoms. The molecular formula is C17H25N5O. The van der Waals surface area contributed by atoms with Crippen LogP contribution in [0, 0.1) is 0 Å². The van der Waals surface area contributed by atoms with E-state index in [0.29, 0.717) is 12.6 Å². The van der Waals surface area contributed by atoms with Crippen molar-refractivity contribution in [1.82, 2.24) is 25.1 Å². The average Bonchev–Trinajstić information content (AvgIpc) is 3.19. The number of likely N-dealkylation sites (tertiary alicyclic amines) is 1. The van der Waals surface area contributed by atoms with Gasteiger partial charge in [0.2, 0.25) is 0 Å². The first-order chi connectivity index (χ1) is 11.3. The Kier molecular flexibility index (Phi) is 5.23. The highest BCUT2D eigenvalue weighted by molar-refractivity contribution is 5.29. The van der Waals surface area contributed by atoms with E-state index in [-0.39, 0.29) is 0 Å². The minimum Gasteiger partial charge on any atom is -0.494 e. The van der Waals surface area contributed by atoms with Gasteiger partial charge in [-0.2, -0.15) is 0 Å². The summed E-state index contributed by atoms with van der Waals surface area (Å²) in [5.41, 5.74) is 1.35. The largest absolute Gasteiger partial charge is 0.494 e. The van der Waals surface area contributed by atoms with E-state index < -0.39 is 0 Å². The second kappa shape index (κ2) is 7.55. The summed E-state index contributed by atoms with van der Waals surface area (Å²) < 4.78 is 7.46. The van der Waals surface area contributed by atoms with Crippen LogP contribution in [0.5, 0.6) is 5.75 Å². The Morgan fingerprint density at radius 3 is 2.78 bits per heavy atom. The van der Waals surface area contributed by atoms with Crippen molar-refractivity contribution in [2.45, 2.75) is 52.2 Å². The van der Waals surface area contributed by atoms with Gasteiger partial charge in [-0.1, -0.05) is 19.1 Å². The van der Waals surface area contributed by atoms with E-state index in [1.165, 1.54) is 18.4 Å². The summed E-state index contributed by atoms with van der Waals surface area (Å²) >= 11 is 0. The Balaban J connectivity index is 1.71. The molecule has 1 atom stereocenters. The van der Waals surface area contributed by atoms with E-state index in [4.69, 9.17) is 4.74 Å². The Morgan fingerprint density at radius 1 is 1.22 bits per heavy atom. The van der Waals surface area contributed by atoms with Gasteiger partial charge in [-0.25, -0.2) is 4.68 Å². The molecule has 0 saturated carbocycles. The van der Waals surface area contributed by atoms with Crippen molar-refractivity contribution >= 4 is 0 Å². The highest BCUT2D eigenvalue weighted by Crippen LogP contribution is 2.33. The molecule has 23 heavy (non-hydrogen) atoms. The fraction of sp³-hybridized carbons (Fsp3) is 0.588. The number of aromatic nitrogens is 4. The van der Waals surface area contributed by atoms with E-state index >= 15 is 0 Å². The van der Waals surface area contributed by atoms with Gasteiger partial charge in [-0.15, -0.1) is 5.10 Å². The van der Waals surface area contributed by atoms with Crippen molar-refractivity contribution in [2.24, 2.45) is 0 Å². The molecule has 1 aliphatic rings. The molecule has 1 fully saturated rings. The van der Waals surface area contributed by atoms with Crippen LogP contribution in [0.15, 0.2) is 24.3 Å². The van der Waals surface area contributed by atoms with Gasteiger partial charge in [0.15, 0.2) is 5.82 Å². The van der Waals surface area contributed by atoms with E-state index in [9.17, 15) is 0 Å². The third-order valence-electron chi connectivity index (χ3n) is 4.33. The summed E-state index contributed by atoms with van der Waals surface area (Å²) in [7, 11) is 0. The summed E-state index contributed by atoms with van der Waals surface area (Å²) in [5.74, 6) is 1.90. The number of aryl methyl sites for hydroxylation is 1. The first kappa shape index (κ1) is 15.9. The molecule has 0 unspecified atom stereocenters. The van der Waals surface area contributed by atoms with Gasteiger partial charge < -0.3 is 4.74 Å². The monoisotopic (exact) mass is 315 g/mol. The van der Waals surface area contributed by atoms with Crippen LogP contribution in [-0.2, 0) is 13.1 Å². The van der Waals surface area contributed by atoms with Crippen LogP contribution < -0.4 is 4.74 Å². The molecule has 1 saturated heterocycles. The summed E-state index contributed by atoms with van der Waals surface area (Å²) in [6, 6.07) is 8.94. The molecule has 124 valence electrons. The first-order valence-corrected chi connectivity index (χ1v) is 8.53. The molecule has 2 aromatic rings. The van der Waals surface area contributed by atoms with Gasteiger partial charge in [-0.05, 0) is 60.9 Å². The van der Waals surface area contributed by atoms with Crippen LogP contribution in [0.25, 0.3) is 0 Å². The van der Waals surface area contributed by atoms with E-state index in [0.717, 1.165) is 37.6 Å². The van der Waals surface area contributed by atoms with Gasteiger partial charge in [-0.3, -0.25) is 4.90 Å². The second-order valence-electron chi connectivity index (χ2n) is 5.95. The van der Waals surface area contributed by atoms with Crippen molar-refractivity contribution in [1.29, 1.82) is 0 Å². The number of tetrazole rings is 1. The molecule has 1 aromatic heterocycles. The molecule has 0 spiro atoms. The van der Waals surface area contributed by atoms with Crippen molar-refractivity contribution in [3.63, 3.8) is 0 Å². The number of hydrogen-bond donors (Lipinski definition) is 0. The zero-order chi connectivity index (χ0) is 16.1. The molecule has 0 amide bonds. The van der Waals surface area contributed by atoms with Crippen LogP contribution >= 0.6 is 0 Å². The molecule has 1 aromatic carbocycles. The lowest BCUT2D eigenvalue weighted by molar-refractivity contribution is 0.237. The zero-order valence-electron chi connectivity index (χ0n) is 14.0. The van der Waals surface area contributed by atoms with Gasteiger partial charge in [0.05, 0.1) is 13.2 Å². The molecule has 1 aliphatic heterocycles. The summed E-state index contributed by atoms with van der Waals surface area (Å²) in [6.07, 6.45) is 3.44. The fourth-order valence-corrected chi connectivity index (χ4v) is 3.25. The Labute approximate surface area is 137 Å². The predicted octanol–water partition coefficient (Wildman–Crippen LogP) is 2.82. The lowest BCUT2D eigenvalue weighted by Gasteiger charge is -2.24. The summed E-state index contributed by atoms with van der Waals surface area (Å²) in [6.45, 7) is 7.64. The van der Waals surface area contributed by atoms with Gasteiger partial charge in [0, 0.05) is 12.6 Å². The van der Waals surface area contributed by atoms with Gasteiger partial charge >= 0.3 is 0 Å². The van der Waals surface area contributed by atoms with E-state index in [2.05, 4.69) is 51.6 Å². The second-order valence-corrected chi connectivity index (χ2v) is 5.95. The Morgan fingerprint density at radius 2 is 2.04 bits per heavy atom. The van der Waals surface area contributed by atoms with Gasteiger partial charge in [0.25, 0.3) is 0 Å². The van der Waals surface area contributed by atoms with Crippen LogP contribution in [0.4, 0.5) is 0 Å². The zero-order valence-corrected chi connectivity index (χ0v) is 14.0. The standard InChI is InChI=1S/C17H25N5O/c1-3-11-22-17(18-19-20-22)13-21-12-5-6-16(21)14-7-9-15(10-8-14)23-4-2/h7-10,16H,3-6,11-13H2,1-2H3/t16-/m1/s1. The lowest BCUT2D eigenvalue weighted by Crippen LogP contribution is -2.25. The fourth-order valence-electron chi connectivity index (χ4n) is 3.25. The normalized spacial score (nSPS) is 18.4. The molecule has 3 rings (SSSR count). The molecule has 0 radical (unpaired) electrons. The van der Waals surface area contributed by atoms with Crippen molar-refractivity contribution in [2.75, 3.05) is 13.2 Å². The number of rotatable bonds is 7. The van der Waals surface area contributed by atoms with Crippen molar-refractivity contribution in [3.8, 4) is 5.75 Å². The third kappa shape index (κ3) is 3.69. The quantitative estimate of drug-likeness (QED) is 0.786. The molecule has 0 aliphatic carbocycles. The maximum Gasteiger partial charge on any atom is 0.165 e. The smallest absolute Gasteiger partial charge is 0.165 e. The predicted molar refractivity (Wildman–Crippen MR) is 88.1 cm³/mol. The number of benzene rings is 1. The molecule has 2 heterocycles. The van der Waals surface area contributed by atoms with E-state index in [1.807, 2.05) is 11.6 Å². The first-order valence-electron chi connectivity index (χ1n) is 8.53. The minimum atomic E-state index is 0.442. The van der Waals surface area contributed by atoms with Crippen LogP contribution in [0.1, 0.15) is 50.5 Å². The molecule has 0 N–H and O–H groups in total. The third-order valence-corrected chi connectivity index (χ3v) is 4.33. The van der Waals surface area contributed by atoms with Crippen molar-refractivity contribution in [3.05, 3.63) is 35.7 Å². The maximum atomic E-state index is 5.53. The van der Waals surface area contributed by atoms with Crippen LogP contribution in [-0.4, -0.2) is 38.3 Å². The maximum absolute atomic E-state index is 5.53. The number of ether oxygens (including phenoxy) is 1. The highest BCUT2D eigenvalue weighted by Gasteiger charge is 2.27. The lowest BCUT2D eigenvalue weighted by atomic mass is 10.0. The van der Waals surface area contributed by atoms with Gasteiger partial charge in [0.1, 0.15) is 5.75 Å². The average molecular weight is 315 g/mol.